The van der Waals surface area contributed by atoms with Crippen LogP contribution in [0.2, 0.25) is 0 Å². The summed E-state index contributed by atoms with van der Waals surface area (Å²) in [5.74, 6) is -0.408. The Morgan fingerprint density at radius 1 is 1.67 bits per heavy atom. The quantitative estimate of drug-likeness (QED) is 0.437. The topological polar surface area (TPSA) is 87.9 Å². The summed E-state index contributed by atoms with van der Waals surface area (Å²) in [6.45, 7) is 1.71. The molecule has 12 heavy (non-hydrogen) atoms. The summed E-state index contributed by atoms with van der Waals surface area (Å²) < 4.78 is 0. The molecule has 0 heterocycles. The van der Waals surface area contributed by atoms with Crippen LogP contribution in [0.5, 0.6) is 0 Å². The van der Waals surface area contributed by atoms with Crippen LogP contribution in [-0.2, 0) is 9.59 Å². The Bertz CT molecular complexity index is 134. The summed E-state index contributed by atoms with van der Waals surface area (Å²) in [5.41, 5.74) is 0. The van der Waals surface area contributed by atoms with Gasteiger partial charge in [0, 0.05) is 0 Å². The fraction of sp³-hybridized carbons (Fsp3) is 0.667. The van der Waals surface area contributed by atoms with E-state index in [1.807, 2.05) is 0 Å². The molecule has 66 valence electrons. The number of hydrogen-bond donors (Lipinski definition) is 1. The first-order chi connectivity index (χ1) is 4.66. The fourth-order valence-corrected chi connectivity index (χ4v) is 1.07. The third kappa shape index (κ3) is 13.7. The molecule has 1 unspecified atom stereocenters. The molecule has 0 radical (unpaired) electrons. The minimum Gasteiger partial charge on any atom is -0.693 e. The summed E-state index contributed by atoms with van der Waals surface area (Å²) in [7, 11) is 0. The molecule has 0 fully saturated rings. The third-order valence-electron chi connectivity index (χ3n) is 0.795. The Kier molecular flexibility index (Phi) is 18.9. The van der Waals surface area contributed by atoms with E-state index >= 15 is 0 Å². The molecule has 1 atom stereocenters. The normalized spacial score (nSPS) is 10.4. The molecular weight excluding hydrogens is 205 g/mol. The molecule has 0 aliphatic rings. The van der Waals surface area contributed by atoms with Gasteiger partial charge in [0.1, 0.15) is 0 Å². The van der Waals surface area contributed by atoms with Gasteiger partial charge >= 0.3 is 57.4 Å². The zero-order valence-corrected chi connectivity index (χ0v) is 11.2. The predicted molar refractivity (Wildman–Crippen MR) is 45.1 cm³/mol. The molecule has 0 rings (SSSR count). The molecule has 0 aliphatic heterocycles. The Labute approximate surface area is 119 Å². The second kappa shape index (κ2) is 12.1. The molecule has 0 bridgehead atoms. The molecule has 0 spiro atoms. The van der Waals surface area contributed by atoms with Crippen LogP contribution in [0, 0.1) is 5.92 Å². The van der Waals surface area contributed by atoms with Gasteiger partial charge in [0.15, 0.2) is 0 Å². The first kappa shape index (κ1) is 18.8. The van der Waals surface area contributed by atoms with Crippen LogP contribution in [0.1, 0.15) is 6.92 Å². The molecule has 3 N–H and O–H groups in total. The fourth-order valence-electron chi connectivity index (χ4n) is 0.357. The molecule has 0 saturated carbocycles. The van der Waals surface area contributed by atoms with Crippen molar-refractivity contribution in [3.8, 4) is 0 Å². The van der Waals surface area contributed by atoms with E-state index in [2.05, 4.69) is 0 Å². The molecular formula is C6H11KNO3S-. The number of carboxylic acids is 1. The Balaban J connectivity index is -0.000000405. The minimum absolute atomic E-state index is 0. The number of carbonyl (C=O) groups is 1. The van der Waals surface area contributed by atoms with Gasteiger partial charge < -0.3 is 16.1 Å². The second-order valence-corrected chi connectivity index (χ2v) is 2.96. The summed E-state index contributed by atoms with van der Waals surface area (Å²) in [6.07, 6.45) is 1.77. The Morgan fingerprint density at radius 3 is 2.50 bits per heavy atom. The zero-order chi connectivity index (χ0) is 7.98. The van der Waals surface area contributed by atoms with Crippen molar-refractivity contribution in [2.24, 2.45) is 5.92 Å². The molecule has 6 heteroatoms. The van der Waals surface area contributed by atoms with E-state index in [0.29, 0.717) is 5.75 Å². The van der Waals surface area contributed by atoms with E-state index in [4.69, 9.17) is 5.11 Å². The molecule has 0 aromatic carbocycles. The van der Waals surface area contributed by atoms with Crippen LogP contribution in [-0.4, -0.2) is 28.9 Å². The standard InChI is InChI=1S/C6H9O3S.K.H2N/c1-5(2-7)3-10-4-6(8)9;;/h5H,3-4H2,1H3,(H,8,9);;1H2/q-1;+1;-1. The summed E-state index contributed by atoms with van der Waals surface area (Å²) in [5, 5.41) is 8.18. The molecule has 0 saturated heterocycles. The van der Waals surface area contributed by atoms with E-state index in [0.717, 1.165) is 0 Å². The van der Waals surface area contributed by atoms with Crippen LogP contribution in [0.25, 0.3) is 6.15 Å². The zero-order valence-electron chi connectivity index (χ0n) is 7.24. The van der Waals surface area contributed by atoms with E-state index in [-0.39, 0.29) is 69.2 Å². The number of rotatable bonds is 5. The van der Waals surface area contributed by atoms with Crippen molar-refractivity contribution in [2.75, 3.05) is 11.5 Å². The number of hydrogen-bond acceptors (Lipinski definition) is 3. The summed E-state index contributed by atoms with van der Waals surface area (Å²) >= 11 is 1.23. The van der Waals surface area contributed by atoms with Crippen molar-refractivity contribution >= 4 is 24.0 Å². The smallest absolute Gasteiger partial charge is 0.693 e. The number of nitrogens with two attached hydrogens (primary N) is 1. The van der Waals surface area contributed by atoms with Crippen LogP contribution in [0.15, 0.2) is 0 Å². The van der Waals surface area contributed by atoms with E-state index in [9.17, 15) is 9.59 Å². The molecule has 0 aromatic heterocycles. The third-order valence-corrected chi connectivity index (χ3v) is 1.98. The average molecular weight is 216 g/mol. The maximum Gasteiger partial charge on any atom is 1.00 e. The van der Waals surface area contributed by atoms with Crippen molar-refractivity contribution in [3.63, 3.8) is 0 Å². The van der Waals surface area contributed by atoms with Crippen molar-refractivity contribution in [1.29, 1.82) is 0 Å². The first-order valence-corrected chi connectivity index (χ1v) is 3.99. The van der Waals surface area contributed by atoms with Crippen LogP contribution in [0.3, 0.4) is 0 Å². The van der Waals surface area contributed by atoms with Gasteiger partial charge in [-0.1, -0.05) is 6.92 Å². The molecule has 0 amide bonds. The van der Waals surface area contributed by atoms with Crippen molar-refractivity contribution in [2.45, 2.75) is 6.92 Å². The van der Waals surface area contributed by atoms with Crippen molar-refractivity contribution in [1.82, 2.24) is 0 Å². The van der Waals surface area contributed by atoms with E-state index in [1.165, 1.54) is 11.8 Å². The molecule has 0 aliphatic carbocycles. The van der Waals surface area contributed by atoms with Gasteiger partial charge in [-0.05, 0) is 5.75 Å². The van der Waals surface area contributed by atoms with Crippen molar-refractivity contribution in [3.05, 3.63) is 6.15 Å². The van der Waals surface area contributed by atoms with Gasteiger partial charge in [-0.3, -0.25) is 11.1 Å². The SMILES string of the molecule is CC([C-]=O)CSCC(=O)O.[K+].[NH2-]. The minimum atomic E-state index is -0.844. The largest absolute Gasteiger partial charge is 1.00 e. The van der Waals surface area contributed by atoms with E-state index in [1.54, 1.807) is 13.2 Å². The van der Waals surface area contributed by atoms with Gasteiger partial charge in [0.25, 0.3) is 0 Å². The van der Waals surface area contributed by atoms with Crippen LogP contribution >= 0.6 is 11.8 Å². The monoisotopic (exact) mass is 216 g/mol. The van der Waals surface area contributed by atoms with Gasteiger partial charge in [0.05, 0.1) is 5.75 Å². The van der Waals surface area contributed by atoms with Gasteiger partial charge in [-0.25, -0.2) is 0 Å². The second-order valence-electron chi connectivity index (χ2n) is 1.93. The van der Waals surface area contributed by atoms with E-state index < -0.39 is 5.97 Å². The van der Waals surface area contributed by atoms with Crippen LogP contribution in [0.4, 0.5) is 0 Å². The predicted octanol–water partition coefficient (Wildman–Crippen LogP) is -1.73. The number of aliphatic carboxylic acids is 1. The van der Waals surface area contributed by atoms with Gasteiger partial charge in [-0.15, -0.1) is 5.92 Å². The number of thioether (sulfide) groups is 1. The van der Waals surface area contributed by atoms with Crippen LogP contribution < -0.4 is 51.4 Å². The summed E-state index contributed by atoms with van der Waals surface area (Å²) in [6, 6.07) is 0. The molecule has 4 nitrogen and oxygen atoms in total. The number of carbonyl (C=O) groups excluding carboxylic acids is 1. The van der Waals surface area contributed by atoms with Crippen molar-refractivity contribution < 1.29 is 66.1 Å². The Hall–Kier alpha value is 1.09. The van der Waals surface area contributed by atoms with Gasteiger partial charge in [-0.2, -0.15) is 11.8 Å². The Morgan fingerprint density at radius 2 is 2.17 bits per heavy atom. The van der Waals surface area contributed by atoms with Gasteiger partial charge in [0.2, 0.25) is 0 Å². The molecule has 0 aromatic rings. The maximum absolute atomic E-state index is 9.95. The average Bonchev–Trinajstić information content (AvgIpc) is 1.87. The number of carboxylic acid groups (broad SMARTS) is 1. The summed E-state index contributed by atoms with van der Waals surface area (Å²) in [4.78, 5) is 19.8. The first-order valence-electron chi connectivity index (χ1n) is 2.84. The maximum atomic E-state index is 9.95.